The predicted molar refractivity (Wildman–Crippen MR) is 70.0 cm³/mol. The molecule has 3 atom stereocenters. The van der Waals surface area contributed by atoms with E-state index in [0.29, 0.717) is 5.92 Å². The van der Waals surface area contributed by atoms with Gasteiger partial charge in [0, 0.05) is 25.0 Å². The quantitative estimate of drug-likeness (QED) is 0.830. The lowest BCUT2D eigenvalue weighted by molar-refractivity contribution is -0.125. The Morgan fingerprint density at radius 2 is 2.50 bits per heavy atom. The number of aromatic nitrogens is 2. The minimum absolute atomic E-state index is 0.0380. The largest absolute Gasteiger partial charge is 0.350 e. The lowest BCUT2D eigenvalue weighted by atomic mass is 9.92. The van der Waals surface area contributed by atoms with Gasteiger partial charge >= 0.3 is 0 Å². The van der Waals surface area contributed by atoms with Crippen molar-refractivity contribution in [2.75, 3.05) is 6.54 Å². The molecule has 2 rings (SSSR count). The number of imidazole rings is 1. The fourth-order valence-electron chi connectivity index (χ4n) is 2.49. The Morgan fingerprint density at radius 1 is 1.67 bits per heavy atom. The molecule has 1 aromatic rings. The maximum atomic E-state index is 12.1. The second kappa shape index (κ2) is 6.00. The number of carbonyl (C=O) groups excluding carboxylic acids is 1. The highest BCUT2D eigenvalue weighted by Crippen LogP contribution is 2.15. The third-order valence-electron chi connectivity index (χ3n) is 3.48. The molecular formula is C13H22N4O. The molecule has 2 N–H and O–H groups in total. The van der Waals surface area contributed by atoms with Crippen LogP contribution in [-0.2, 0) is 11.3 Å². The molecule has 0 spiro atoms. The summed E-state index contributed by atoms with van der Waals surface area (Å²) in [5, 5.41) is 6.37. The van der Waals surface area contributed by atoms with E-state index in [1.165, 1.54) is 0 Å². The van der Waals surface area contributed by atoms with Crippen molar-refractivity contribution < 1.29 is 4.79 Å². The summed E-state index contributed by atoms with van der Waals surface area (Å²) >= 11 is 0. The first-order chi connectivity index (χ1) is 8.66. The predicted octanol–water partition coefficient (Wildman–Crippen LogP) is 0.776. The van der Waals surface area contributed by atoms with Gasteiger partial charge in [0.05, 0.1) is 12.4 Å². The molecule has 0 saturated carbocycles. The smallest absolute Gasteiger partial charge is 0.237 e. The molecule has 1 aromatic heterocycles. The Morgan fingerprint density at radius 3 is 3.17 bits per heavy atom. The van der Waals surface area contributed by atoms with Crippen molar-refractivity contribution in [3.63, 3.8) is 0 Å². The lowest BCUT2D eigenvalue weighted by Crippen LogP contribution is -2.53. The molecular weight excluding hydrogens is 228 g/mol. The molecule has 5 nitrogen and oxygen atoms in total. The van der Waals surface area contributed by atoms with Gasteiger partial charge in [0.1, 0.15) is 0 Å². The van der Waals surface area contributed by atoms with Crippen molar-refractivity contribution in [1.29, 1.82) is 0 Å². The van der Waals surface area contributed by atoms with Crippen LogP contribution in [0.15, 0.2) is 18.7 Å². The van der Waals surface area contributed by atoms with Gasteiger partial charge in [0.15, 0.2) is 0 Å². The molecule has 0 aliphatic carbocycles. The number of hydrogen-bond acceptors (Lipinski definition) is 3. The van der Waals surface area contributed by atoms with Gasteiger partial charge in [-0.25, -0.2) is 4.98 Å². The van der Waals surface area contributed by atoms with Crippen molar-refractivity contribution >= 4 is 5.91 Å². The molecule has 18 heavy (non-hydrogen) atoms. The van der Waals surface area contributed by atoms with Crippen molar-refractivity contribution in [2.24, 2.45) is 5.92 Å². The molecule has 1 saturated heterocycles. The van der Waals surface area contributed by atoms with Crippen LogP contribution in [0.2, 0.25) is 0 Å². The zero-order valence-corrected chi connectivity index (χ0v) is 11.1. The molecule has 1 amide bonds. The minimum Gasteiger partial charge on any atom is -0.350 e. The van der Waals surface area contributed by atoms with Crippen molar-refractivity contribution in [2.45, 2.75) is 45.3 Å². The highest BCUT2D eigenvalue weighted by molar-refractivity contribution is 5.82. The van der Waals surface area contributed by atoms with E-state index in [0.717, 1.165) is 25.9 Å². The summed E-state index contributed by atoms with van der Waals surface area (Å²) in [6.07, 6.45) is 7.71. The Labute approximate surface area is 108 Å². The van der Waals surface area contributed by atoms with E-state index < -0.39 is 0 Å². The lowest BCUT2D eigenvalue weighted by Gasteiger charge is -2.30. The molecule has 5 heteroatoms. The molecule has 1 fully saturated rings. The molecule has 3 unspecified atom stereocenters. The Bertz CT molecular complexity index is 376. The Balaban J connectivity index is 1.82. The van der Waals surface area contributed by atoms with Crippen LogP contribution in [-0.4, -0.2) is 34.1 Å². The zero-order valence-electron chi connectivity index (χ0n) is 11.1. The number of rotatable bonds is 4. The Hall–Kier alpha value is -1.36. The summed E-state index contributed by atoms with van der Waals surface area (Å²) in [5.41, 5.74) is 0. The van der Waals surface area contributed by atoms with Crippen LogP contribution in [0, 0.1) is 5.92 Å². The van der Waals surface area contributed by atoms with E-state index >= 15 is 0 Å². The minimum atomic E-state index is -0.0380. The van der Waals surface area contributed by atoms with E-state index in [2.05, 4.69) is 22.5 Å². The second-order valence-corrected chi connectivity index (χ2v) is 5.22. The average Bonchev–Trinajstić information content (AvgIpc) is 2.82. The van der Waals surface area contributed by atoms with E-state index in [1.807, 2.05) is 17.7 Å². The van der Waals surface area contributed by atoms with Crippen molar-refractivity contribution in [3.8, 4) is 0 Å². The van der Waals surface area contributed by atoms with Crippen LogP contribution in [0.4, 0.5) is 0 Å². The van der Waals surface area contributed by atoms with Crippen LogP contribution < -0.4 is 10.6 Å². The summed E-state index contributed by atoms with van der Waals surface area (Å²) in [7, 11) is 0. The van der Waals surface area contributed by atoms with Gasteiger partial charge in [-0.2, -0.15) is 0 Å². The van der Waals surface area contributed by atoms with E-state index in [9.17, 15) is 4.79 Å². The monoisotopic (exact) mass is 250 g/mol. The first-order valence-corrected chi connectivity index (χ1v) is 6.66. The van der Waals surface area contributed by atoms with Gasteiger partial charge in [0.25, 0.3) is 0 Å². The van der Waals surface area contributed by atoms with E-state index in [4.69, 9.17) is 0 Å². The van der Waals surface area contributed by atoms with Crippen LogP contribution >= 0.6 is 0 Å². The molecule has 0 bridgehead atoms. The van der Waals surface area contributed by atoms with Gasteiger partial charge in [-0.1, -0.05) is 6.92 Å². The summed E-state index contributed by atoms with van der Waals surface area (Å²) < 4.78 is 1.97. The number of piperidine rings is 1. The van der Waals surface area contributed by atoms with Crippen LogP contribution in [0.3, 0.4) is 0 Å². The fourth-order valence-corrected chi connectivity index (χ4v) is 2.49. The van der Waals surface area contributed by atoms with Crippen molar-refractivity contribution in [3.05, 3.63) is 18.7 Å². The standard InChI is InChI=1S/C13H22N4O/c1-10-4-3-5-15-12(10)13(18)16-11(2)8-17-7-6-14-9-17/h6-7,9-12,15H,3-5,8H2,1-2H3,(H,16,18). The number of hydrogen-bond donors (Lipinski definition) is 2. The van der Waals surface area contributed by atoms with Gasteiger partial charge in [0.2, 0.25) is 5.91 Å². The van der Waals surface area contributed by atoms with Gasteiger partial charge < -0.3 is 15.2 Å². The fraction of sp³-hybridized carbons (Fsp3) is 0.692. The summed E-state index contributed by atoms with van der Waals surface area (Å²) in [6.45, 7) is 5.85. The maximum Gasteiger partial charge on any atom is 0.237 e. The molecule has 0 radical (unpaired) electrons. The third-order valence-corrected chi connectivity index (χ3v) is 3.48. The highest BCUT2D eigenvalue weighted by Gasteiger charge is 2.27. The summed E-state index contributed by atoms with van der Waals surface area (Å²) in [4.78, 5) is 16.1. The molecule has 2 heterocycles. The SMILES string of the molecule is CC(Cn1ccnc1)NC(=O)C1NCCCC1C. The van der Waals surface area contributed by atoms with Crippen LogP contribution in [0.1, 0.15) is 26.7 Å². The first-order valence-electron chi connectivity index (χ1n) is 6.66. The molecule has 1 aliphatic heterocycles. The highest BCUT2D eigenvalue weighted by atomic mass is 16.2. The third kappa shape index (κ3) is 3.32. The average molecular weight is 250 g/mol. The van der Waals surface area contributed by atoms with Gasteiger partial charge in [-0.3, -0.25) is 4.79 Å². The number of nitrogens with zero attached hydrogens (tertiary/aromatic N) is 2. The normalized spacial score (nSPS) is 25.7. The zero-order chi connectivity index (χ0) is 13.0. The molecule has 1 aliphatic rings. The second-order valence-electron chi connectivity index (χ2n) is 5.22. The Kier molecular flexibility index (Phi) is 4.36. The topological polar surface area (TPSA) is 59.0 Å². The van der Waals surface area contributed by atoms with E-state index in [-0.39, 0.29) is 18.0 Å². The maximum absolute atomic E-state index is 12.1. The number of carbonyl (C=O) groups is 1. The van der Waals surface area contributed by atoms with Gasteiger partial charge in [-0.05, 0) is 32.2 Å². The van der Waals surface area contributed by atoms with Crippen molar-refractivity contribution in [1.82, 2.24) is 20.2 Å². The summed E-state index contributed by atoms with van der Waals surface area (Å²) in [5.74, 6) is 0.536. The first kappa shape index (κ1) is 13.1. The number of amides is 1. The summed E-state index contributed by atoms with van der Waals surface area (Å²) in [6, 6.07) is 0.0756. The van der Waals surface area contributed by atoms with Gasteiger partial charge in [-0.15, -0.1) is 0 Å². The van der Waals surface area contributed by atoms with Crippen LogP contribution in [0.5, 0.6) is 0 Å². The van der Waals surface area contributed by atoms with E-state index in [1.54, 1.807) is 12.5 Å². The number of nitrogens with one attached hydrogen (secondary N) is 2. The molecule has 100 valence electrons. The molecule has 0 aromatic carbocycles. The van der Waals surface area contributed by atoms with Crippen LogP contribution in [0.25, 0.3) is 0 Å².